The summed E-state index contributed by atoms with van der Waals surface area (Å²) in [6.07, 6.45) is -0.614. The van der Waals surface area contributed by atoms with Gasteiger partial charge in [0, 0.05) is 12.6 Å². The molecule has 0 aliphatic heterocycles. The van der Waals surface area contributed by atoms with Gasteiger partial charge in [-0.15, -0.1) is 0 Å². The number of rotatable bonds is 6. The Hall–Kier alpha value is -1.62. The first-order valence-electron chi connectivity index (χ1n) is 6.67. The van der Waals surface area contributed by atoms with Crippen molar-refractivity contribution >= 4 is 5.91 Å². The van der Waals surface area contributed by atoms with Crippen LogP contribution in [-0.4, -0.2) is 41.2 Å². The lowest BCUT2D eigenvalue weighted by Crippen LogP contribution is -2.43. The molecular formula is C15H22FNO3. The minimum absolute atomic E-state index is 0.0527. The maximum Gasteiger partial charge on any atom is 0.260 e. The van der Waals surface area contributed by atoms with Crippen LogP contribution in [0.2, 0.25) is 0 Å². The second kappa shape index (κ2) is 7.24. The van der Waals surface area contributed by atoms with Crippen molar-refractivity contribution in [2.45, 2.75) is 39.8 Å². The van der Waals surface area contributed by atoms with E-state index in [1.54, 1.807) is 19.1 Å². The van der Waals surface area contributed by atoms with Gasteiger partial charge in [-0.25, -0.2) is 4.39 Å². The van der Waals surface area contributed by atoms with E-state index in [2.05, 4.69) is 0 Å². The molecule has 1 rings (SSSR count). The molecule has 0 aliphatic rings. The molecule has 0 saturated carbocycles. The van der Waals surface area contributed by atoms with Crippen molar-refractivity contribution in [3.05, 3.63) is 29.6 Å². The van der Waals surface area contributed by atoms with Gasteiger partial charge < -0.3 is 14.7 Å². The first-order chi connectivity index (χ1) is 9.31. The average Bonchev–Trinajstić information content (AvgIpc) is 2.36. The summed E-state index contributed by atoms with van der Waals surface area (Å²) in [6.45, 7) is 7.13. The molecule has 1 aromatic carbocycles. The zero-order chi connectivity index (χ0) is 15.3. The smallest absolute Gasteiger partial charge is 0.260 e. The average molecular weight is 283 g/mol. The van der Waals surface area contributed by atoms with Crippen molar-refractivity contribution in [2.24, 2.45) is 0 Å². The van der Waals surface area contributed by atoms with Gasteiger partial charge in [0.2, 0.25) is 0 Å². The zero-order valence-electron chi connectivity index (χ0n) is 12.4. The van der Waals surface area contributed by atoms with E-state index in [0.29, 0.717) is 0 Å². The Labute approximate surface area is 119 Å². The van der Waals surface area contributed by atoms with Crippen LogP contribution in [0.4, 0.5) is 4.39 Å². The van der Waals surface area contributed by atoms with Gasteiger partial charge in [0.25, 0.3) is 5.91 Å². The molecule has 0 aliphatic carbocycles. The van der Waals surface area contributed by atoms with Gasteiger partial charge in [-0.3, -0.25) is 4.79 Å². The lowest BCUT2D eigenvalue weighted by Gasteiger charge is -2.28. The predicted molar refractivity (Wildman–Crippen MR) is 75.2 cm³/mol. The SMILES string of the molecule is Cc1ccc(F)c(OCC(=O)N(CC(C)O)C(C)C)c1. The Kier molecular flexibility index (Phi) is 5.95. The highest BCUT2D eigenvalue weighted by atomic mass is 19.1. The van der Waals surface area contributed by atoms with Gasteiger partial charge in [-0.1, -0.05) is 6.07 Å². The zero-order valence-corrected chi connectivity index (χ0v) is 12.4. The van der Waals surface area contributed by atoms with Crippen LogP contribution in [0.25, 0.3) is 0 Å². The molecule has 0 spiro atoms. The van der Waals surface area contributed by atoms with Gasteiger partial charge in [0.15, 0.2) is 18.2 Å². The summed E-state index contributed by atoms with van der Waals surface area (Å²) in [5.41, 5.74) is 0.860. The third-order valence-electron chi connectivity index (χ3n) is 2.84. The Morgan fingerprint density at radius 3 is 2.60 bits per heavy atom. The molecular weight excluding hydrogens is 261 g/mol. The summed E-state index contributed by atoms with van der Waals surface area (Å²) >= 11 is 0. The summed E-state index contributed by atoms with van der Waals surface area (Å²) in [5.74, 6) is -0.698. The number of hydrogen-bond donors (Lipinski definition) is 1. The summed E-state index contributed by atoms with van der Waals surface area (Å²) < 4.78 is 18.7. The number of aryl methyl sites for hydroxylation is 1. The van der Waals surface area contributed by atoms with Crippen LogP contribution in [0.15, 0.2) is 18.2 Å². The van der Waals surface area contributed by atoms with E-state index in [1.807, 2.05) is 20.8 Å². The summed E-state index contributed by atoms with van der Waals surface area (Å²) in [6, 6.07) is 4.45. The molecule has 1 N–H and O–H groups in total. The largest absolute Gasteiger partial charge is 0.481 e. The monoisotopic (exact) mass is 283 g/mol. The van der Waals surface area contributed by atoms with Gasteiger partial charge in [-0.2, -0.15) is 0 Å². The number of carbonyl (C=O) groups excluding carboxylic acids is 1. The van der Waals surface area contributed by atoms with Crippen molar-refractivity contribution in [3.63, 3.8) is 0 Å². The molecule has 0 fully saturated rings. The van der Waals surface area contributed by atoms with Crippen LogP contribution >= 0.6 is 0 Å². The fourth-order valence-electron chi connectivity index (χ4n) is 1.83. The van der Waals surface area contributed by atoms with E-state index in [0.717, 1.165) is 5.56 Å². The van der Waals surface area contributed by atoms with E-state index >= 15 is 0 Å². The Balaban J connectivity index is 2.67. The van der Waals surface area contributed by atoms with E-state index in [9.17, 15) is 14.3 Å². The van der Waals surface area contributed by atoms with Crippen molar-refractivity contribution in [3.8, 4) is 5.75 Å². The summed E-state index contributed by atoms with van der Waals surface area (Å²) in [5, 5.41) is 9.39. The first-order valence-corrected chi connectivity index (χ1v) is 6.67. The van der Waals surface area contributed by atoms with Crippen molar-refractivity contribution in [1.82, 2.24) is 4.90 Å². The highest BCUT2D eigenvalue weighted by Crippen LogP contribution is 2.18. The molecule has 4 nitrogen and oxygen atoms in total. The van der Waals surface area contributed by atoms with Gasteiger partial charge >= 0.3 is 0 Å². The van der Waals surface area contributed by atoms with Crippen LogP contribution in [0.3, 0.4) is 0 Å². The van der Waals surface area contributed by atoms with Crippen LogP contribution in [0.5, 0.6) is 5.75 Å². The number of carbonyl (C=O) groups is 1. The number of aliphatic hydroxyl groups excluding tert-OH is 1. The van der Waals surface area contributed by atoms with Crippen molar-refractivity contribution in [2.75, 3.05) is 13.2 Å². The number of hydrogen-bond acceptors (Lipinski definition) is 3. The third kappa shape index (κ3) is 4.81. The van der Waals surface area contributed by atoms with Crippen molar-refractivity contribution < 1.29 is 19.0 Å². The Bertz CT molecular complexity index is 460. The molecule has 0 saturated heterocycles. The normalized spacial score (nSPS) is 12.3. The molecule has 0 heterocycles. The predicted octanol–water partition coefficient (Wildman–Crippen LogP) is 2.13. The van der Waals surface area contributed by atoms with E-state index in [-0.39, 0.29) is 30.9 Å². The number of benzene rings is 1. The van der Waals surface area contributed by atoms with Crippen LogP contribution in [-0.2, 0) is 4.79 Å². The fourth-order valence-corrected chi connectivity index (χ4v) is 1.83. The molecule has 1 atom stereocenters. The molecule has 112 valence electrons. The van der Waals surface area contributed by atoms with E-state index in [1.165, 1.54) is 11.0 Å². The molecule has 1 amide bonds. The molecule has 5 heteroatoms. The lowest BCUT2D eigenvalue weighted by atomic mass is 10.2. The molecule has 0 bridgehead atoms. The van der Waals surface area contributed by atoms with Crippen LogP contribution in [0.1, 0.15) is 26.3 Å². The number of halogens is 1. The quantitative estimate of drug-likeness (QED) is 0.870. The summed E-state index contributed by atoms with van der Waals surface area (Å²) in [4.78, 5) is 13.6. The van der Waals surface area contributed by atoms with Gasteiger partial charge in [0.05, 0.1) is 6.10 Å². The third-order valence-corrected chi connectivity index (χ3v) is 2.84. The number of nitrogens with zero attached hydrogens (tertiary/aromatic N) is 1. The van der Waals surface area contributed by atoms with E-state index in [4.69, 9.17) is 4.74 Å². The van der Waals surface area contributed by atoms with Crippen LogP contribution < -0.4 is 4.74 Å². The molecule has 0 radical (unpaired) electrons. The standard InChI is InChI=1S/C15H22FNO3/c1-10(2)17(8-12(4)18)15(19)9-20-14-7-11(3)5-6-13(14)16/h5-7,10,12,18H,8-9H2,1-4H3. The van der Waals surface area contributed by atoms with E-state index < -0.39 is 11.9 Å². The molecule has 0 aromatic heterocycles. The second-order valence-electron chi connectivity index (χ2n) is 5.21. The van der Waals surface area contributed by atoms with Crippen LogP contribution in [0, 0.1) is 12.7 Å². The maximum absolute atomic E-state index is 13.5. The topological polar surface area (TPSA) is 49.8 Å². The summed E-state index contributed by atoms with van der Waals surface area (Å²) in [7, 11) is 0. The first kappa shape index (κ1) is 16.4. The number of amides is 1. The molecule has 1 aromatic rings. The minimum atomic E-state index is -0.614. The highest BCUT2D eigenvalue weighted by molar-refractivity contribution is 5.78. The maximum atomic E-state index is 13.5. The number of ether oxygens (including phenoxy) is 1. The lowest BCUT2D eigenvalue weighted by molar-refractivity contribution is -0.136. The van der Waals surface area contributed by atoms with Crippen molar-refractivity contribution in [1.29, 1.82) is 0 Å². The fraction of sp³-hybridized carbons (Fsp3) is 0.533. The van der Waals surface area contributed by atoms with Gasteiger partial charge in [0.1, 0.15) is 0 Å². The van der Waals surface area contributed by atoms with Gasteiger partial charge in [-0.05, 0) is 45.4 Å². The molecule has 1 unspecified atom stereocenters. The minimum Gasteiger partial charge on any atom is -0.481 e. The highest BCUT2D eigenvalue weighted by Gasteiger charge is 2.19. The number of aliphatic hydroxyl groups is 1. The Morgan fingerprint density at radius 2 is 2.05 bits per heavy atom. The second-order valence-corrected chi connectivity index (χ2v) is 5.21. The Morgan fingerprint density at radius 1 is 1.40 bits per heavy atom. The molecule has 20 heavy (non-hydrogen) atoms.